The van der Waals surface area contributed by atoms with Gasteiger partial charge in [0, 0.05) is 30.8 Å². The monoisotopic (exact) mass is 299 g/mol. The lowest BCUT2D eigenvalue weighted by atomic mass is 9.92. The van der Waals surface area contributed by atoms with Crippen LogP contribution in [0, 0.1) is 6.92 Å². The SMILES string of the molecule is Cc1cnn(C2CCCN(c3cc(C(C)(C)C)ncn3)C2)c1. The summed E-state index contributed by atoms with van der Waals surface area (Å²) in [6, 6.07) is 2.56. The molecule has 0 bridgehead atoms. The van der Waals surface area contributed by atoms with Crippen LogP contribution in [0.3, 0.4) is 0 Å². The van der Waals surface area contributed by atoms with Crippen molar-refractivity contribution in [3.05, 3.63) is 36.0 Å². The Labute approximate surface area is 132 Å². The summed E-state index contributed by atoms with van der Waals surface area (Å²) in [4.78, 5) is 11.3. The summed E-state index contributed by atoms with van der Waals surface area (Å²) >= 11 is 0. The smallest absolute Gasteiger partial charge is 0.132 e. The van der Waals surface area contributed by atoms with Crippen LogP contribution in [-0.4, -0.2) is 32.8 Å². The molecular formula is C17H25N5. The van der Waals surface area contributed by atoms with Gasteiger partial charge in [0.2, 0.25) is 0 Å². The molecule has 118 valence electrons. The van der Waals surface area contributed by atoms with Crippen LogP contribution in [0.2, 0.25) is 0 Å². The van der Waals surface area contributed by atoms with Crippen LogP contribution in [0.1, 0.15) is 50.9 Å². The normalized spacial score (nSPS) is 19.5. The first-order valence-electron chi connectivity index (χ1n) is 8.02. The lowest BCUT2D eigenvalue weighted by molar-refractivity contribution is 0.374. The molecule has 22 heavy (non-hydrogen) atoms. The summed E-state index contributed by atoms with van der Waals surface area (Å²) in [5, 5.41) is 4.48. The number of hydrogen-bond acceptors (Lipinski definition) is 4. The molecular weight excluding hydrogens is 274 g/mol. The Morgan fingerprint density at radius 3 is 2.73 bits per heavy atom. The minimum atomic E-state index is 0.0476. The molecule has 1 aliphatic heterocycles. The van der Waals surface area contributed by atoms with Crippen molar-refractivity contribution in [1.82, 2.24) is 19.7 Å². The van der Waals surface area contributed by atoms with Crippen molar-refractivity contribution in [3.63, 3.8) is 0 Å². The van der Waals surface area contributed by atoms with Gasteiger partial charge in [0.15, 0.2) is 0 Å². The molecule has 1 fully saturated rings. The van der Waals surface area contributed by atoms with Crippen molar-refractivity contribution in [2.75, 3.05) is 18.0 Å². The van der Waals surface area contributed by atoms with Crippen molar-refractivity contribution >= 4 is 5.82 Å². The van der Waals surface area contributed by atoms with Gasteiger partial charge in [0.05, 0.1) is 17.9 Å². The van der Waals surface area contributed by atoms with Gasteiger partial charge in [-0.2, -0.15) is 5.10 Å². The molecule has 1 unspecified atom stereocenters. The van der Waals surface area contributed by atoms with Gasteiger partial charge in [-0.1, -0.05) is 20.8 Å². The molecule has 5 nitrogen and oxygen atoms in total. The Hall–Kier alpha value is -1.91. The molecule has 1 saturated heterocycles. The van der Waals surface area contributed by atoms with Gasteiger partial charge in [-0.15, -0.1) is 0 Å². The van der Waals surface area contributed by atoms with E-state index in [1.807, 2.05) is 6.20 Å². The first kappa shape index (κ1) is 15.0. The van der Waals surface area contributed by atoms with Crippen molar-refractivity contribution < 1.29 is 0 Å². The number of aromatic nitrogens is 4. The number of anilines is 1. The highest BCUT2D eigenvalue weighted by molar-refractivity contribution is 5.41. The molecule has 0 N–H and O–H groups in total. The quantitative estimate of drug-likeness (QED) is 0.855. The molecule has 0 radical (unpaired) electrons. The van der Waals surface area contributed by atoms with E-state index < -0.39 is 0 Å². The average molecular weight is 299 g/mol. The van der Waals surface area contributed by atoms with E-state index in [4.69, 9.17) is 0 Å². The van der Waals surface area contributed by atoms with E-state index >= 15 is 0 Å². The summed E-state index contributed by atoms with van der Waals surface area (Å²) in [5.74, 6) is 1.04. The Kier molecular flexibility index (Phi) is 3.89. The van der Waals surface area contributed by atoms with Crippen LogP contribution in [0.15, 0.2) is 24.8 Å². The molecule has 2 aromatic rings. The van der Waals surface area contributed by atoms with Crippen molar-refractivity contribution in [3.8, 4) is 0 Å². The molecule has 0 amide bonds. The van der Waals surface area contributed by atoms with E-state index in [9.17, 15) is 0 Å². The lowest BCUT2D eigenvalue weighted by Gasteiger charge is -2.34. The Balaban J connectivity index is 1.80. The first-order valence-corrected chi connectivity index (χ1v) is 8.02. The van der Waals surface area contributed by atoms with E-state index in [0.29, 0.717) is 6.04 Å². The third kappa shape index (κ3) is 3.13. The second-order valence-electron chi connectivity index (χ2n) is 7.25. The zero-order chi connectivity index (χ0) is 15.7. The highest BCUT2D eigenvalue weighted by Gasteiger charge is 2.24. The molecule has 3 rings (SSSR count). The summed E-state index contributed by atoms with van der Waals surface area (Å²) < 4.78 is 2.10. The van der Waals surface area contributed by atoms with Gasteiger partial charge in [0.25, 0.3) is 0 Å². The highest BCUT2D eigenvalue weighted by Crippen LogP contribution is 2.27. The molecule has 5 heteroatoms. The average Bonchev–Trinajstić information content (AvgIpc) is 2.93. The number of hydrogen-bond donors (Lipinski definition) is 0. The Bertz CT molecular complexity index is 640. The van der Waals surface area contributed by atoms with Gasteiger partial charge in [0.1, 0.15) is 12.1 Å². The summed E-state index contributed by atoms with van der Waals surface area (Å²) in [6.07, 6.45) is 8.10. The maximum Gasteiger partial charge on any atom is 0.132 e. The second kappa shape index (κ2) is 5.71. The zero-order valence-electron chi connectivity index (χ0n) is 14.0. The van der Waals surface area contributed by atoms with Crippen molar-refractivity contribution in [1.29, 1.82) is 0 Å². The summed E-state index contributed by atoms with van der Waals surface area (Å²) in [5.41, 5.74) is 2.36. The minimum absolute atomic E-state index is 0.0476. The van der Waals surface area contributed by atoms with Gasteiger partial charge >= 0.3 is 0 Å². The number of nitrogens with zero attached hydrogens (tertiary/aromatic N) is 5. The van der Waals surface area contributed by atoms with Crippen molar-refractivity contribution in [2.45, 2.75) is 52.0 Å². The molecule has 2 aromatic heterocycles. The lowest BCUT2D eigenvalue weighted by Crippen LogP contribution is -2.37. The Morgan fingerprint density at radius 1 is 1.23 bits per heavy atom. The van der Waals surface area contributed by atoms with Gasteiger partial charge in [-0.25, -0.2) is 9.97 Å². The van der Waals surface area contributed by atoms with E-state index in [2.05, 4.69) is 64.6 Å². The molecule has 0 saturated carbocycles. The third-order valence-corrected chi connectivity index (χ3v) is 4.25. The van der Waals surface area contributed by atoms with E-state index in [-0.39, 0.29) is 5.41 Å². The van der Waals surface area contributed by atoms with Gasteiger partial charge in [-0.05, 0) is 25.3 Å². The second-order valence-corrected chi connectivity index (χ2v) is 7.25. The summed E-state index contributed by atoms with van der Waals surface area (Å²) in [6.45, 7) is 10.7. The summed E-state index contributed by atoms with van der Waals surface area (Å²) in [7, 11) is 0. The maximum absolute atomic E-state index is 4.50. The Morgan fingerprint density at radius 2 is 2.05 bits per heavy atom. The predicted octanol–water partition coefficient (Wildman–Crippen LogP) is 3.12. The minimum Gasteiger partial charge on any atom is -0.354 e. The molecule has 0 aliphatic carbocycles. The van der Waals surface area contributed by atoms with Crippen LogP contribution in [0.25, 0.3) is 0 Å². The number of piperidine rings is 1. The first-order chi connectivity index (χ1) is 10.4. The topological polar surface area (TPSA) is 46.8 Å². The van der Waals surface area contributed by atoms with Crippen LogP contribution >= 0.6 is 0 Å². The molecule has 1 atom stereocenters. The highest BCUT2D eigenvalue weighted by atomic mass is 15.3. The van der Waals surface area contributed by atoms with Crippen LogP contribution in [0.5, 0.6) is 0 Å². The van der Waals surface area contributed by atoms with E-state index in [0.717, 1.165) is 24.6 Å². The van der Waals surface area contributed by atoms with E-state index in [1.165, 1.54) is 18.4 Å². The third-order valence-electron chi connectivity index (χ3n) is 4.25. The largest absolute Gasteiger partial charge is 0.354 e. The zero-order valence-corrected chi connectivity index (χ0v) is 14.0. The fraction of sp³-hybridized carbons (Fsp3) is 0.588. The van der Waals surface area contributed by atoms with Gasteiger partial charge < -0.3 is 4.90 Å². The van der Waals surface area contributed by atoms with Crippen molar-refractivity contribution in [2.24, 2.45) is 0 Å². The number of aryl methyl sites for hydroxylation is 1. The van der Waals surface area contributed by atoms with Gasteiger partial charge in [-0.3, -0.25) is 4.68 Å². The van der Waals surface area contributed by atoms with Crippen LogP contribution in [-0.2, 0) is 5.41 Å². The molecule has 3 heterocycles. The van der Waals surface area contributed by atoms with Crippen LogP contribution < -0.4 is 4.90 Å². The predicted molar refractivity (Wildman–Crippen MR) is 88.2 cm³/mol. The maximum atomic E-state index is 4.50. The van der Waals surface area contributed by atoms with E-state index in [1.54, 1.807) is 6.33 Å². The molecule has 0 spiro atoms. The number of rotatable bonds is 2. The molecule has 0 aromatic carbocycles. The fourth-order valence-electron chi connectivity index (χ4n) is 2.94. The molecule has 1 aliphatic rings. The standard InChI is InChI=1S/C17H25N5/c1-13-9-20-22(10-13)14-6-5-7-21(11-14)16-8-15(17(2,3)4)18-12-19-16/h8-10,12,14H,5-7,11H2,1-4H3. The van der Waals surface area contributed by atoms with Crippen LogP contribution in [0.4, 0.5) is 5.82 Å². The fourth-order valence-corrected chi connectivity index (χ4v) is 2.94.